The van der Waals surface area contributed by atoms with E-state index >= 15 is 0 Å². The van der Waals surface area contributed by atoms with Crippen molar-refractivity contribution in [2.75, 3.05) is 26.2 Å². The lowest BCUT2D eigenvalue weighted by Gasteiger charge is -2.34. The van der Waals surface area contributed by atoms with E-state index in [0.717, 1.165) is 58.1 Å². The molecule has 2 heterocycles. The van der Waals surface area contributed by atoms with Gasteiger partial charge < -0.3 is 4.90 Å². The Kier molecular flexibility index (Phi) is 5.26. The molecule has 3 aromatic rings. The van der Waals surface area contributed by atoms with E-state index in [1.54, 1.807) is 11.0 Å². The van der Waals surface area contributed by atoms with Crippen molar-refractivity contribution >= 4 is 26.8 Å². The van der Waals surface area contributed by atoms with Gasteiger partial charge in [-0.2, -0.15) is 4.31 Å². The van der Waals surface area contributed by atoms with Crippen LogP contribution in [-0.4, -0.2) is 54.7 Å². The van der Waals surface area contributed by atoms with Gasteiger partial charge in [0, 0.05) is 37.3 Å². The first kappa shape index (κ1) is 21.1. The topological polar surface area (TPSA) is 70.6 Å². The van der Waals surface area contributed by atoms with Crippen molar-refractivity contribution in [3.63, 3.8) is 0 Å². The molecule has 0 spiro atoms. The first-order valence-electron chi connectivity index (χ1n) is 11.1. The van der Waals surface area contributed by atoms with Gasteiger partial charge in [-0.1, -0.05) is 35.9 Å². The first-order chi connectivity index (χ1) is 15.4. The molecular formula is C25H27N3O3S. The molecule has 0 unspecified atom stereocenters. The number of hydrogen-bond donors (Lipinski definition) is 0. The summed E-state index contributed by atoms with van der Waals surface area (Å²) in [7, 11) is -3.58. The lowest BCUT2D eigenvalue weighted by molar-refractivity contribution is 0.0698. The smallest absolute Gasteiger partial charge is 0.254 e. The fourth-order valence-electron chi connectivity index (χ4n) is 4.97. The summed E-state index contributed by atoms with van der Waals surface area (Å²) < 4.78 is 27.9. The molecule has 7 heteroatoms. The van der Waals surface area contributed by atoms with Crippen LogP contribution in [0.2, 0.25) is 0 Å². The van der Waals surface area contributed by atoms with Gasteiger partial charge in [-0.05, 0) is 56.4 Å². The second kappa shape index (κ2) is 7.98. The number of para-hydroxylation sites is 1. The van der Waals surface area contributed by atoms with Crippen LogP contribution in [0.1, 0.15) is 39.2 Å². The van der Waals surface area contributed by atoms with Gasteiger partial charge in [0.05, 0.1) is 16.0 Å². The Hall–Kier alpha value is -2.77. The molecule has 2 aromatic carbocycles. The van der Waals surface area contributed by atoms with Crippen molar-refractivity contribution in [2.24, 2.45) is 0 Å². The minimum Gasteiger partial charge on any atom is -0.336 e. The minimum absolute atomic E-state index is 0.00897. The number of aryl methyl sites for hydroxylation is 3. The van der Waals surface area contributed by atoms with E-state index < -0.39 is 10.0 Å². The van der Waals surface area contributed by atoms with Gasteiger partial charge in [-0.15, -0.1) is 0 Å². The van der Waals surface area contributed by atoms with Gasteiger partial charge in [0.1, 0.15) is 0 Å². The molecule has 0 radical (unpaired) electrons. The van der Waals surface area contributed by atoms with Crippen LogP contribution in [0.3, 0.4) is 0 Å². The van der Waals surface area contributed by atoms with Gasteiger partial charge in [0.2, 0.25) is 10.0 Å². The lowest BCUT2D eigenvalue weighted by atomic mass is 10.00. The summed E-state index contributed by atoms with van der Waals surface area (Å²) in [5.41, 5.74) is 5.50. The number of carbonyl (C=O) groups is 1. The highest BCUT2D eigenvalue weighted by Gasteiger charge is 2.33. The Morgan fingerprint density at radius 2 is 1.72 bits per heavy atom. The van der Waals surface area contributed by atoms with Gasteiger partial charge in [-0.3, -0.25) is 9.78 Å². The number of carbonyl (C=O) groups excluding carboxylic acids is 1. The first-order valence-corrected chi connectivity index (χ1v) is 12.6. The zero-order valence-corrected chi connectivity index (χ0v) is 19.3. The molecule has 0 saturated carbocycles. The molecule has 5 rings (SSSR count). The predicted molar refractivity (Wildman–Crippen MR) is 124 cm³/mol. The molecular weight excluding hydrogens is 422 g/mol. The maximum Gasteiger partial charge on any atom is 0.254 e. The van der Waals surface area contributed by atoms with Crippen LogP contribution in [0, 0.1) is 13.8 Å². The fraction of sp³-hybridized carbons (Fsp3) is 0.360. The number of sulfonamides is 1. The van der Waals surface area contributed by atoms with E-state index in [1.807, 2.05) is 50.2 Å². The number of pyridine rings is 1. The Labute approximate surface area is 188 Å². The van der Waals surface area contributed by atoms with Crippen molar-refractivity contribution in [2.45, 2.75) is 38.0 Å². The number of aromatic nitrogens is 1. The number of hydrogen-bond acceptors (Lipinski definition) is 4. The van der Waals surface area contributed by atoms with Crippen LogP contribution in [0.15, 0.2) is 47.4 Å². The maximum absolute atomic E-state index is 13.6. The molecule has 1 aromatic heterocycles. The summed E-state index contributed by atoms with van der Waals surface area (Å²) in [6, 6.07) is 13.2. The highest BCUT2D eigenvalue weighted by Crippen LogP contribution is 2.31. The Balaban J connectivity index is 1.40. The average molecular weight is 450 g/mol. The number of benzene rings is 2. The molecule has 1 aliphatic carbocycles. The standard InChI is InChI=1S/C25H27N3O3S/c1-17-10-11-23(18(2)16-17)32(30,31)28-14-12-27(13-15-28)25(29)24-19-6-3-4-8-21(19)26-22-9-5-7-20(22)24/h3-4,6,8,10-11,16H,5,7,9,12-15H2,1-2H3. The summed E-state index contributed by atoms with van der Waals surface area (Å²) in [5.74, 6) is -0.00897. The summed E-state index contributed by atoms with van der Waals surface area (Å²) in [6.45, 7) is 5.14. The summed E-state index contributed by atoms with van der Waals surface area (Å²) in [6.07, 6.45) is 2.79. The van der Waals surface area contributed by atoms with Crippen molar-refractivity contribution in [3.8, 4) is 0 Å². The van der Waals surface area contributed by atoms with Crippen LogP contribution in [0.25, 0.3) is 10.9 Å². The molecule has 1 aliphatic heterocycles. The van der Waals surface area contributed by atoms with Crippen molar-refractivity contribution in [1.82, 2.24) is 14.2 Å². The molecule has 2 aliphatic rings. The third kappa shape index (κ3) is 3.49. The number of rotatable bonds is 3. The zero-order valence-electron chi connectivity index (χ0n) is 18.5. The molecule has 166 valence electrons. The van der Waals surface area contributed by atoms with E-state index in [9.17, 15) is 13.2 Å². The van der Waals surface area contributed by atoms with E-state index in [2.05, 4.69) is 0 Å². The highest BCUT2D eigenvalue weighted by atomic mass is 32.2. The third-order valence-electron chi connectivity index (χ3n) is 6.61. The lowest BCUT2D eigenvalue weighted by Crippen LogP contribution is -2.50. The second-order valence-electron chi connectivity index (χ2n) is 8.75. The van der Waals surface area contributed by atoms with Gasteiger partial charge in [0.25, 0.3) is 5.91 Å². The number of nitrogens with zero attached hydrogens (tertiary/aromatic N) is 3. The van der Waals surface area contributed by atoms with E-state index in [0.29, 0.717) is 31.1 Å². The molecule has 0 bridgehead atoms. The molecule has 1 amide bonds. The number of amides is 1. The Morgan fingerprint density at radius 1 is 0.969 bits per heavy atom. The minimum atomic E-state index is -3.58. The molecule has 6 nitrogen and oxygen atoms in total. The van der Waals surface area contributed by atoms with Gasteiger partial charge in [0.15, 0.2) is 0 Å². The monoisotopic (exact) mass is 449 g/mol. The molecule has 1 saturated heterocycles. The van der Waals surface area contributed by atoms with E-state index in [1.165, 1.54) is 4.31 Å². The Bertz CT molecular complexity index is 1330. The van der Waals surface area contributed by atoms with Crippen molar-refractivity contribution in [1.29, 1.82) is 0 Å². The van der Waals surface area contributed by atoms with Crippen LogP contribution in [0.4, 0.5) is 0 Å². The number of piperazine rings is 1. The molecule has 0 N–H and O–H groups in total. The summed E-state index contributed by atoms with van der Waals surface area (Å²) >= 11 is 0. The third-order valence-corrected chi connectivity index (χ3v) is 8.67. The van der Waals surface area contributed by atoms with E-state index in [-0.39, 0.29) is 5.91 Å². The summed E-state index contributed by atoms with van der Waals surface area (Å²) in [5, 5.41) is 0.892. The van der Waals surface area contributed by atoms with Crippen LogP contribution < -0.4 is 0 Å². The summed E-state index contributed by atoms with van der Waals surface area (Å²) in [4.78, 5) is 20.5. The average Bonchev–Trinajstić information content (AvgIpc) is 3.25. The molecule has 32 heavy (non-hydrogen) atoms. The van der Waals surface area contributed by atoms with Crippen LogP contribution in [0.5, 0.6) is 0 Å². The van der Waals surface area contributed by atoms with Crippen molar-refractivity contribution < 1.29 is 13.2 Å². The SMILES string of the molecule is Cc1ccc(S(=O)(=O)N2CCN(C(=O)c3c4c(nc5ccccc35)CCC4)CC2)c(C)c1. The van der Waals surface area contributed by atoms with Gasteiger partial charge in [-0.25, -0.2) is 8.42 Å². The quantitative estimate of drug-likeness (QED) is 0.614. The van der Waals surface area contributed by atoms with Crippen molar-refractivity contribution in [3.05, 3.63) is 70.4 Å². The Morgan fingerprint density at radius 3 is 2.47 bits per heavy atom. The largest absolute Gasteiger partial charge is 0.336 e. The fourth-order valence-corrected chi connectivity index (χ4v) is 6.60. The maximum atomic E-state index is 13.6. The van der Waals surface area contributed by atoms with Crippen LogP contribution in [-0.2, 0) is 22.9 Å². The molecule has 0 atom stereocenters. The highest BCUT2D eigenvalue weighted by molar-refractivity contribution is 7.89. The zero-order chi connectivity index (χ0) is 22.5. The normalized spacial score (nSPS) is 17.0. The van der Waals surface area contributed by atoms with Gasteiger partial charge >= 0.3 is 0 Å². The predicted octanol–water partition coefficient (Wildman–Crippen LogP) is 3.49. The van der Waals surface area contributed by atoms with Crippen LogP contribution >= 0.6 is 0 Å². The van der Waals surface area contributed by atoms with E-state index in [4.69, 9.17) is 4.98 Å². The molecule has 1 fully saturated rings. The number of fused-ring (bicyclic) bond motifs is 2. The second-order valence-corrected chi connectivity index (χ2v) is 10.7.